The van der Waals surface area contributed by atoms with Gasteiger partial charge in [-0.05, 0) is 35.1 Å². The van der Waals surface area contributed by atoms with Crippen LogP contribution in [0.25, 0.3) is 27.9 Å². The molecule has 1 saturated heterocycles. The van der Waals surface area contributed by atoms with E-state index in [9.17, 15) is 4.79 Å². The molecule has 3 aromatic heterocycles. The minimum atomic E-state index is -0.544. The van der Waals surface area contributed by atoms with Crippen molar-refractivity contribution in [3.05, 3.63) is 47.7 Å². The Labute approximate surface area is 211 Å². The summed E-state index contributed by atoms with van der Waals surface area (Å²) >= 11 is 3.62. The van der Waals surface area contributed by atoms with Crippen molar-refractivity contribution in [1.82, 2.24) is 39.2 Å². The van der Waals surface area contributed by atoms with Crippen LogP contribution < -0.4 is 5.32 Å². The Morgan fingerprint density at radius 3 is 2.66 bits per heavy atom. The maximum atomic E-state index is 13.6. The molecule has 1 fully saturated rings. The number of carbonyl (C=O) groups is 1. The van der Waals surface area contributed by atoms with Gasteiger partial charge in [-0.15, -0.1) is 11.7 Å². The van der Waals surface area contributed by atoms with Crippen LogP contribution >= 0.6 is 15.9 Å². The van der Waals surface area contributed by atoms with Gasteiger partial charge in [0.05, 0.1) is 17.3 Å². The van der Waals surface area contributed by atoms with Crippen molar-refractivity contribution in [2.24, 2.45) is 13.0 Å². The highest BCUT2D eigenvalue weighted by Gasteiger charge is 2.31. The fourth-order valence-electron chi connectivity index (χ4n) is 4.27. The smallest absolute Gasteiger partial charge is 0.245 e. The number of aryl methyl sites for hydroxylation is 1. The van der Waals surface area contributed by atoms with Crippen LogP contribution in [0.5, 0.6) is 0 Å². The lowest BCUT2D eigenvalue weighted by Gasteiger charge is -2.36. The number of nitrogens with one attached hydrogen (secondary N) is 1. The highest BCUT2D eigenvalue weighted by Crippen LogP contribution is 2.29. The maximum absolute atomic E-state index is 13.6. The molecule has 1 unspecified atom stereocenters. The van der Waals surface area contributed by atoms with E-state index in [-0.39, 0.29) is 11.8 Å². The van der Waals surface area contributed by atoms with E-state index in [4.69, 9.17) is 15.1 Å². The topological polar surface area (TPSA) is 96.5 Å². The molecule has 0 aliphatic carbocycles. The number of para-hydroxylation sites is 1. The van der Waals surface area contributed by atoms with Gasteiger partial charge in [-0.1, -0.05) is 19.1 Å². The molecule has 4 heterocycles. The second-order valence-electron chi connectivity index (χ2n) is 8.99. The first-order valence-electron chi connectivity index (χ1n) is 11.6. The lowest BCUT2D eigenvalue weighted by atomic mass is 10.0. The number of rotatable bonds is 6. The SMILES string of the molecule is C=CC(C)[C@@H](Nc1nc2c(Br)cccc2c2nc(-c3cnn(C)c3)nn12)C(=O)N1CCN(C)CC1. The summed E-state index contributed by atoms with van der Waals surface area (Å²) in [5.41, 5.74) is 2.19. The van der Waals surface area contributed by atoms with Crippen LogP contribution in [0.15, 0.2) is 47.7 Å². The Hall–Kier alpha value is -3.31. The van der Waals surface area contributed by atoms with E-state index in [2.05, 4.69) is 44.9 Å². The molecule has 1 amide bonds. The minimum absolute atomic E-state index is 0.0280. The van der Waals surface area contributed by atoms with Crippen LogP contribution in [-0.2, 0) is 11.8 Å². The third-order valence-electron chi connectivity index (χ3n) is 6.48. The summed E-state index contributed by atoms with van der Waals surface area (Å²) < 4.78 is 4.23. The molecule has 10 nitrogen and oxygen atoms in total. The van der Waals surface area contributed by atoms with E-state index in [1.165, 1.54) is 0 Å². The van der Waals surface area contributed by atoms with Crippen LogP contribution in [-0.4, -0.2) is 84.3 Å². The van der Waals surface area contributed by atoms with Crippen LogP contribution in [0.4, 0.5) is 5.95 Å². The molecule has 5 rings (SSSR count). The number of hydrogen-bond acceptors (Lipinski definition) is 7. The fourth-order valence-corrected chi connectivity index (χ4v) is 4.72. The zero-order chi connectivity index (χ0) is 24.7. The van der Waals surface area contributed by atoms with E-state index in [0.29, 0.717) is 30.5 Å². The number of fused-ring (bicyclic) bond motifs is 3. The molecule has 11 heteroatoms. The molecule has 1 aliphatic heterocycles. The summed E-state index contributed by atoms with van der Waals surface area (Å²) in [5, 5.41) is 13.3. The van der Waals surface area contributed by atoms with Crippen LogP contribution in [0.3, 0.4) is 0 Å². The van der Waals surface area contributed by atoms with Crippen molar-refractivity contribution in [3.63, 3.8) is 0 Å². The van der Waals surface area contributed by atoms with E-state index < -0.39 is 6.04 Å². The van der Waals surface area contributed by atoms with Crippen molar-refractivity contribution in [2.75, 3.05) is 38.5 Å². The van der Waals surface area contributed by atoms with E-state index in [1.54, 1.807) is 21.5 Å². The average molecular weight is 538 g/mol. The van der Waals surface area contributed by atoms with Gasteiger partial charge in [0.2, 0.25) is 11.9 Å². The average Bonchev–Trinajstić information content (AvgIpc) is 3.49. The monoisotopic (exact) mass is 537 g/mol. The predicted octanol–water partition coefficient (Wildman–Crippen LogP) is 2.82. The van der Waals surface area contributed by atoms with Gasteiger partial charge >= 0.3 is 0 Å². The summed E-state index contributed by atoms with van der Waals surface area (Å²) in [6.45, 7) is 9.01. The van der Waals surface area contributed by atoms with E-state index >= 15 is 0 Å². The van der Waals surface area contributed by atoms with E-state index in [0.717, 1.165) is 34.0 Å². The molecule has 2 atom stereocenters. The highest BCUT2D eigenvalue weighted by atomic mass is 79.9. The second-order valence-corrected chi connectivity index (χ2v) is 9.84. The first kappa shape index (κ1) is 23.4. The van der Waals surface area contributed by atoms with Gasteiger partial charge in [-0.3, -0.25) is 9.48 Å². The maximum Gasteiger partial charge on any atom is 0.245 e. The standard InChI is InChI=1S/C24H28BrN9O/c1-5-15(2)19(23(35)33-11-9-31(3)10-12-33)27-24-28-20-17(7-6-8-18(20)25)22-29-21(30-34(22)24)16-13-26-32(4)14-16/h5-8,13-15,19H,1,9-12H2,2-4H3,(H,27,28)/t15?,19-/m1/s1. The molecule has 1 aliphatic rings. The molecular formula is C24H28BrN9O. The molecule has 35 heavy (non-hydrogen) atoms. The molecule has 0 saturated carbocycles. The molecule has 0 spiro atoms. The zero-order valence-electron chi connectivity index (χ0n) is 20.0. The quantitative estimate of drug-likeness (QED) is 0.377. The fraction of sp³-hybridized carbons (Fsp3) is 0.375. The summed E-state index contributed by atoms with van der Waals surface area (Å²) in [7, 11) is 3.92. The molecule has 4 aromatic rings. The molecule has 182 valence electrons. The number of halogens is 1. The number of amides is 1. The second kappa shape index (κ2) is 9.38. The van der Waals surface area contributed by atoms with Gasteiger partial charge < -0.3 is 15.1 Å². The Morgan fingerprint density at radius 1 is 1.20 bits per heavy atom. The molecule has 0 bridgehead atoms. The Bertz CT molecular complexity index is 1400. The number of aromatic nitrogens is 6. The van der Waals surface area contributed by atoms with Crippen molar-refractivity contribution in [3.8, 4) is 11.4 Å². The van der Waals surface area contributed by atoms with Gasteiger partial charge in [-0.2, -0.15) is 9.61 Å². The minimum Gasteiger partial charge on any atom is -0.342 e. The van der Waals surface area contributed by atoms with Crippen LogP contribution in [0, 0.1) is 5.92 Å². The number of piperazine rings is 1. The first-order chi connectivity index (χ1) is 16.9. The summed E-state index contributed by atoms with van der Waals surface area (Å²) in [4.78, 5) is 27.4. The van der Waals surface area contributed by atoms with Gasteiger partial charge in [0.15, 0.2) is 11.5 Å². The van der Waals surface area contributed by atoms with Gasteiger partial charge in [0.1, 0.15) is 6.04 Å². The van der Waals surface area contributed by atoms with Crippen LogP contribution in [0.1, 0.15) is 6.92 Å². The van der Waals surface area contributed by atoms with Crippen molar-refractivity contribution in [2.45, 2.75) is 13.0 Å². The summed E-state index contributed by atoms with van der Waals surface area (Å²) in [6.07, 6.45) is 5.39. The third kappa shape index (κ3) is 4.41. The Morgan fingerprint density at radius 2 is 1.97 bits per heavy atom. The Balaban J connectivity index is 1.61. The number of benzene rings is 1. The van der Waals surface area contributed by atoms with E-state index in [1.807, 2.05) is 43.3 Å². The van der Waals surface area contributed by atoms with Gasteiger partial charge in [-0.25, -0.2) is 9.97 Å². The number of hydrogen-bond donors (Lipinski definition) is 1. The van der Waals surface area contributed by atoms with Gasteiger partial charge in [0, 0.05) is 55.2 Å². The van der Waals surface area contributed by atoms with Crippen molar-refractivity contribution in [1.29, 1.82) is 0 Å². The summed E-state index contributed by atoms with van der Waals surface area (Å²) in [6, 6.07) is 5.30. The largest absolute Gasteiger partial charge is 0.342 e. The van der Waals surface area contributed by atoms with Crippen LogP contribution in [0.2, 0.25) is 0 Å². The normalized spacial score (nSPS) is 16.5. The number of anilines is 1. The summed E-state index contributed by atoms with van der Waals surface area (Å²) in [5.74, 6) is 0.882. The Kier molecular flexibility index (Phi) is 6.28. The predicted molar refractivity (Wildman–Crippen MR) is 139 cm³/mol. The molecular weight excluding hydrogens is 510 g/mol. The van der Waals surface area contributed by atoms with Crippen molar-refractivity contribution < 1.29 is 4.79 Å². The molecule has 0 radical (unpaired) electrons. The van der Waals surface area contributed by atoms with Crippen molar-refractivity contribution >= 4 is 44.3 Å². The third-order valence-corrected chi connectivity index (χ3v) is 7.12. The first-order valence-corrected chi connectivity index (χ1v) is 12.4. The van der Waals surface area contributed by atoms with Gasteiger partial charge in [0.25, 0.3) is 0 Å². The number of carbonyl (C=O) groups excluding carboxylic acids is 1. The lowest BCUT2D eigenvalue weighted by Crippen LogP contribution is -2.53. The number of nitrogens with zero attached hydrogens (tertiary/aromatic N) is 8. The highest BCUT2D eigenvalue weighted by molar-refractivity contribution is 9.10. The zero-order valence-corrected chi connectivity index (χ0v) is 21.6. The lowest BCUT2D eigenvalue weighted by molar-refractivity contribution is -0.134. The molecule has 1 N–H and O–H groups in total. The molecule has 1 aromatic carbocycles. The number of likely N-dealkylation sites (N-methyl/N-ethyl adjacent to an activating group) is 1.